The average molecular weight is 267 g/mol. The number of benzene rings is 1. The third-order valence-electron chi connectivity index (χ3n) is 3.72. The molecule has 0 unspecified atom stereocenters. The molecule has 1 saturated heterocycles. The Balaban J connectivity index is 1.77. The van der Waals surface area contributed by atoms with Crippen molar-refractivity contribution in [2.24, 2.45) is 0 Å². The van der Waals surface area contributed by atoms with E-state index >= 15 is 0 Å². The molecule has 1 fully saturated rings. The minimum atomic E-state index is -0.280. The Bertz CT molecular complexity index is 405. The summed E-state index contributed by atoms with van der Waals surface area (Å²) in [7, 11) is 3.62. The van der Waals surface area contributed by atoms with Gasteiger partial charge >= 0.3 is 0 Å². The smallest absolute Gasteiger partial charge is 0.165 e. The average Bonchev–Trinajstić information content (AvgIpc) is 2.93. The van der Waals surface area contributed by atoms with Gasteiger partial charge in [0.15, 0.2) is 11.6 Å². The predicted molar refractivity (Wildman–Crippen MR) is 73.1 cm³/mol. The maximum absolute atomic E-state index is 13.5. The third-order valence-corrected chi connectivity index (χ3v) is 3.72. The zero-order chi connectivity index (χ0) is 13.7. The zero-order valence-corrected chi connectivity index (χ0v) is 11.7. The molecule has 3 nitrogen and oxygen atoms in total. The molecule has 0 amide bonds. The SMILES string of the molecule is COc1ccc(CCCN(C)[C@@H]2CCOC2)cc1F. The highest BCUT2D eigenvalue weighted by Crippen LogP contribution is 2.19. The second-order valence-corrected chi connectivity index (χ2v) is 5.07. The van der Waals surface area contributed by atoms with E-state index in [1.165, 1.54) is 7.11 Å². The summed E-state index contributed by atoms with van der Waals surface area (Å²) >= 11 is 0. The lowest BCUT2D eigenvalue weighted by atomic mass is 10.1. The molecule has 1 heterocycles. The first-order chi connectivity index (χ1) is 9.20. The number of nitrogens with zero attached hydrogens (tertiary/aromatic N) is 1. The molecular weight excluding hydrogens is 245 g/mol. The van der Waals surface area contributed by atoms with Crippen LogP contribution in [0.5, 0.6) is 5.75 Å². The number of likely N-dealkylation sites (N-methyl/N-ethyl adjacent to an activating group) is 1. The third kappa shape index (κ3) is 3.91. The van der Waals surface area contributed by atoms with E-state index in [0.29, 0.717) is 11.8 Å². The summed E-state index contributed by atoms with van der Waals surface area (Å²) in [6.07, 6.45) is 3.03. The van der Waals surface area contributed by atoms with Crippen molar-refractivity contribution in [1.82, 2.24) is 4.90 Å². The van der Waals surface area contributed by atoms with Gasteiger partial charge in [-0.25, -0.2) is 4.39 Å². The number of hydrogen-bond donors (Lipinski definition) is 0. The quantitative estimate of drug-likeness (QED) is 0.790. The minimum absolute atomic E-state index is 0.280. The van der Waals surface area contributed by atoms with Gasteiger partial charge in [-0.05, 0) is 50.6 Å². The molecule has 1 aliphatic rings. The van der Waals surface area contributed by atoms with Crippen LogP contribution in [0.3, 0.4) is 0 Å². The molecule has 19 heavy (non-hydrogen) atoms. The van der Waals surface area contributed by atoms with Gasteiger partial charge in [-0.1, -0.05) is 6.07 Å². The molecule has 4 heteroatoms. The normalized spacial score (nSPS) is 19.1. The Morgan fingerprint density at radius 2 is 2.32 bits per heavy atom. The predicted octanol–water partition coefficient (Wildman–Crippen LogP) is 2.49. The molecule has 0 aromatic heterocycles. The number of methoxy groups -OCH3 is 1. The van der Waals surface area contributed by atoms with E-state index in [2.05, 4.69) is 11.9 Å². The van der Waals surface area contributed by atoms with Crippen molar-refractivity contribution in [3.8, 4) is 5.75 Å². The maximum Gasteiger partial charge on any atom is 0.165 e. The van der Waals surface area contributed by atoms with Crippen molar-refractivity contribution >= 4 is 0 Å². The molecule has 1 aliphatic heterocycles. The van der Waals surface area contributed by atoms with Gasteiger partial charge in [0.1, 0.15) is 0 Å². The molecule has 0 saturated carbocycles. The van der Waals surface area contributed by atoms with Gasteiger partial charge in [0.05, 0.1) is 13.7 Å². The number of rotatable bonds is 6. The van der Waals surface area contributed by atoms with E-state index in [4.69, 9.17) is 9.47 Å². The minimum Gasteiger partial charge on any atom is -0.494 e. The highest BCUT2D eigenvalue weighted by Gasteiger charge is 2.19. The summed E-state index contributed by atoms with van der Waals surface area (Å²) in [5, 5.41) is 0. The van der Waals surface area contributed by atoms with E-state index in [-0.39, 0.29) is 5.82 Å². The Hall–Kier alpha value is -1.13. The summed E-state index contributed by atoms with van der Waals surface area (Å²) < 4.78 is 23.8. The van der Waals surface area contributed by atoms with Gasteiger partial charge < -0.3 is 14.4 Å². The van der Waals surface area contributed by atoms with Crippen LogP contribution in [0.4, 0.5) is 4.39 Å². The fraction of sp³-hybridized carbons (Fsp3) is 0.600. The lowest BCUT2D eigenvalue weighted by Gasteiger charge is -2.22. The summed E-state index contributed by atoms with van der Waals surface area (Å²) in [6.45, 7) is 2.73. The molecule has 0 N–H and O–H groups in total. The van der Waals surface area contributed by atoms with Crippen molar-refractivity contribution in [3.05, 3.63) is 29.6 Å². The van der Waals surface area contributed by atoms with Crippen molar-refractivity contribution in [1.29, 1.82) is 0 Å². The van der Waals surface area contributed by atoms with Gasteiger partial charge in [-0.3, -0.25) is 0 Å². The standard InChI is InChI=1S/C15H22FNO2/c1-17(13-7-9-19-11-13)8-3-4-12-5-6-15(18-2)14(16)10-12/h5-6,10,13H,3-4,7-9,11H2,1-2H3/t13-/m1/s1. The van der Waals surface area contributed by atoms with Crippen molar-refractivity contribution < 1.29 is 13.9 Å². The van der Waals surface area contributed by atoms with Gasteiger partial charge in [0.2, 0.25) is 0 Å². The number of hydrogen-bond acceptors (Lipinski definition) is 3. The first-order valence-electron chi connectivity index (χ1n) is 6.81. The molecule has 2 rings (SSSR count). The first-order valence-corrected chi connectivity index (χ1v) is 6.81. The zero-order valence-electron chi connectivity index (χ0n) is 11.7. The van der Waals surface area contributed by atoms with Crippen LogP contribution in [-0.4, -0.2) is 44.9 Å². The van der Waals surface area contributed by atoms with E-state index in [1.54, 1.807) is 12.1 Å². The Morgan fingerprint density at radius 3 is 2.95 bits per heavy atom. The molecule has 0 spiro atoms. The van der Waals surface area contributed by atoms with E-state index < -0.39 is 0 Å². The van der Waals surface area contributed by atoms with Crippen LogP contribution >= 0.6 is 0 Å². The van der Waals surface area contributed by atoms with Crippen molar-refractivity contribution in [2.75, 3.05) is 33.9 Å². The van der Waals surface area contributed by atoms with E-state index in [1.807, 2.05) is 6.07 Å². The number of aryl methyl sites for hydroxylation is 1. The van der Waals surface area contributed by atoms with Crippen LogP contribution in [0.1, 0.15) is 18.4 Å². The molecule has 0 bridgehead atoms. The Kier molecular flexibility index (Phi) is 5.16. The lowest BCUT2D eigenvalue weighted by molar-refractivity contribution is 0.159. The molecule has 106 valence electrons. The van der Waals surface area contributed by atoms with Gasteiger partial charge in [0, 0.05) is 12.6 Å². The van der Waals surface area contributed by atoms with Crippen molar-refractivity contribution in [3.63, 3.8) is 0 Å². The van der Waals surface area contributed by atoms with E-state index in [9.17, 15) is 4.39 Å². The van der Waals surface area contributed by atoms with Gasteiger partial charge in [0.25, 0.3) is 0 Å². The van der Waals surface area contributed by atoms with Crippen molar-refractivity contribution in [2.45, 2.75) is 25.3 Å². The second kappa shape index (κ2) is 6.87. The Morgan fingerprint density at radius 1 is 1.47 bits per heavy atom. The number of ether oxygens (including phenoxy) is 2. The first kappa shape index (κ1) is 14.3. The van der Waals surface area contributed by atoms with Crippen LogP contribution in [-0.2, 0) is 11.2 Å². The topological polar surface area (TPSA) is 21.7 Å². The molecule has 1 aromatic carbocycles. The summed E-state index contributed by atoms with van der Waals surface area (Å²) in [6, 6.07) is 5.74. The van der Waals surface area contributed by atoms with Crippen LogP contribution in [0, 0.1) is 5.82 Å². The highest BCUT2D eigenvalue weighted by atomic mass is 19.1. The highest BCUT2D eigenvalue weighted by molar-refractivity contribution is 5.29. The summed E-state index contributed by atoms with van der Waals surface area (Å²) in [4.78, 5) is 2.34. The van der Waals surface area contributed by atoms with Gasteiger partial charge in [-0.2, -0.15) is 0 Å². The Labute approximate surface area is 114 Å². The molecule has 0 radical (unpaired) electrons. The van der Waals surface area contributed by atoms with Crippen LogP contribution in [0.25, 0.3) is 0 Å². The van der Waals surface area contributed by atoms with E-state index in [0.717, 1.165) is 44.6 Å². The fourth-order valence-corrected chi connectivity index (χ4v) is 2.45. The van der Waals surface area contributed by atoms with Gasteiger partial charge in [-0.15, -0.1) is 0 Å². The molecule has 0 aliphatic carbocycles. The largest absolute Gasteiger partial charge is 0.494 e. The summed E-state index contributed by atoms with van der Waals surface area (Å²) in [5.74, 6) is 0.0292. The maximum atomic E-state index is 13.5. The number of halogens is 1. The fourth-order valence-electron chi connectivity index (χ4n) is 2.45. The monoisotopic (exact) mass is 267 g/mol. The second-order valence-electron chi connectivity index (χ2n) is 5.07. The molecule has 1 atom stereocenters. The molecule has 1 aromatic rings. The van der Waals surface area contributed by atoms with Crippen LogP contribution in [0.2, 0.25) is 0 Å². The van der Waals surface area contributed by atoms with Crippen LogP contribution in [0.15, 0.2) is 18.2 Å². The lowest BCUT2D eigenvalue weighted by Crippen LogP contribution is -2.32. The summed E-state index contributed by atoms with van der Waals surface area (Å²) in [5.41, 5.74) is 1.02. The van der Waals surface area contributed by atoms with Crippen LogP contribution < -0.4 is 4.74 Å². The molecular formula is C15H22FNO2.